The molecule has 22 heavy (non-hydrogen) atoms. The molecule has 0 unspecified atom stereocenters. The zero-order chi connectivity index (χ0) is 16.3. The van der Waals surface area contributed by atoms with Gasteiger partial charge in [0.05, 0.1) is 7.11 Å². The van der Waals surface area contributed by atoms with Crippen molar-refractivity contribution < 1.29 is 13.2 Å². The van der Waals surface area contributed by atoms with Crippen molar-refractivity contribution in [1.82, 2.24) is 8.61 Å². The summed E-state index contributed by atoms with van der Waals surface area (Å²) in [5.41, 5.74) is 1.98. The van der Waals surface area contributed by atoms with Crippen LogP contribution in [0.2, 0.25) is 0 Å². The van der Waals surface area contributed by atoms with Crippen molar-refractivity contribution >= 4 is 10.2 Å². The summed E-state index contributed by atoms with van der Waals surface area (Å²) in [7, 11) is -0.178. The van der Waals surface area contributed by atoms with Gasteiger partial charge in [-0.15, -0.1) is 0 Å². The Kier molecular flexibility index (Phi) is 5.47. The summed E-state index contributed by atoms with van der Waals surface area (Å²) in [6.07, 6.45) is 2.03. The Bertz CT molecular complexity index is 616. The number of hydrogen-bond donors (Lipinski definition) is 0. The first-order chi connectivity index (χ1) is 10.3. The van der Waals surface area contributed by atoms with Gasteiger partial charge in [0, 0.05) is 32.2 Å². The fraction of sp³-hybridized carbons (Fsp3) is 0.625. The number of ether oxygens (including phenoxy) is 1. The van der Waals surface area contributed by atoms with Crippen LogP contribution in [-0.2, 0) is 16.8 Å². The Morgan fingerprint density at radius 1 is 1.41 bits per heavy atom. The average molecular weight is 326 g/mol. The van der Waals surface area contributed by atoms with Gasteiger partial charge in [-0.05, 0) is 31.7 Å². The number of nitrogens with zero attached hydrogens (tertiary/aromatic N) is 2. The third-order valence-corrected chi connectivity index (χ3v) is 6.07. The van der Waals surface area contributed by atoms with Crippen molar-refractivity contribution in [3.8, 4) is 5.75 Å². The molecule has 1 fully saturated rings. The smallest absolute Gasteiger partial charge is 0.282 e. The second-order valence-corrected chi connectivity index (χ2v) is 8.22. The van der Waals surface area contributed by atoms with Gasteiger partial charge in [0.2, 0.25) is 0 Å². The highest BCUT2D eigenvalue weighted by molar-refractivity contribution is 7.86. The van der Waals surface area contributed by atoms with Gasteiger partial charge in [0.1, 0.15) is 5.75 Å². The van der Waals surface area contributed by atoms with Crippen LogP contribution in [0.5, 0.6) is 5.75 Å². The molecule has 124 valence electrons. The van der Waals surface area contributed by atoms with Crippen molar-refractivity contribution in [3.05, 3.63) is 29.3 Å². The lowest BCUT2D eigenvalue weighted by Crippen LogP contribution is -2.46. The molecule has 1 aliphatic heterocycles. The SMILES string of the molecule is COc1ccc(C)cc1CN(C)S(=O)(=O)N1CCC[C@@H](C)C1. The monoisotopic (exact) mass is 326 g/mol. The summed E-state index contributed by atoms with van der Waals surface area (Å²) in [5, 5.41) is 0. The van der Waals surface area contributed by atoms with Gasteiger partial charge < -0.3 is 4.74 Å². The molecule has 5 nitrogen and oxygen atoms in total. The van der Waals surface area contributed by atoms with Crippen molar-refractivity contribution in [1.29, 1.82) is 0 Å². The third kappa shape index (κ3) is 3.80. The van der Waals surface area contributed by atoms with Crippen molar-refractivity contribution in [3.63, 3.8) is 0 Å². The van der Waals surface area contributed by atoms with Gasteiger partial charge in [-0.2, -0.15) is 17.0 Å². The molecule has 1 aromatic carbocycles. The van der Waals surface area contributed by atoms with Gasteiger partial charge in [0.25, 0.3) is 10.2 Å². The Morgan fingerprint density at radius 3 is 2.77 bits per heavy atom. The number of benzene rings is 1. The normalized spacial score (nSPS) is 20.3. The van der Waals surface area contributed by atoms with E-state index in [1.165, 1.54) is 4.31 Å². The van der Waals surface area contributed by atoms with Crippen molar-refractivity contribution in [2.45, 2.75) is 33.2 Å². The molecular formula is C16H26N2O3S. The molecule has 1 saturated heterocycles. The standard InChI is InChI=1S/C16H26N2O3S/c1-13-7-8-16(21-4)15(10-13)12-17(3)22(19,20)18-9-5-6-14(2)11-18/h7-8,10,14H,5-6,9,11-12H2,1-4H3/t14-/m1/s1. The summed E-state index contributed by atoms with van der Waals surface area (Å²) in [6, 6.07) is 5.82. The largest absolute Gasteiger partial charge is 0.496 e. The number of aryl methyl sites for hydroxylation is 1. The van der Waals surface area contributed by atoms with E-state index in [2.05, 4.69) is 6.92 Å². The summed E-state index contributed by atoms with van der Waals surface area (Å²) >= 11 is 0. The van der Waals surface area contributed by atoms with E-state index in [0.717, 1.165) is 29.7 Å². The highest BCUT2D eigenvalue weighted by Crippen LogP contribution is 2.24. The quantitative estimate of drug-likeness (QED) is 0.835. The Morgan fingerprint density at radius 2 is 2.14 bits per heavy atom. The Hall–Kier alpha value is -1.11. The third-order valence-electron chi connectivity index (χ3n) is 4.17. The molecule has 1 heterocycles. The fourth-order valence-electron chi connectivity index (χ4n) is 2.91. The molecule has 0 aliphatic carbocycles. The topological polar surface area (TPSA) is 49.9 Å². The Labute approximate surface area is 134 Å². The Balaban J connectivity index is 2.17. The summed E-state index contributed by atoms with van der Waals surface area (Å²) in [6.45, 7) is 5.63. The van der Waals surface area contributed by atoms with Crippen LogP contribution in [0.3, 0.4) is 0 Å². The molecule has 6 heteroatoms. The maximum absolute atomic E-state index is 12.7. The molecule has 0 radical (unpaired) electrons. The number of methoxy groups -OCH3 is 1. The lowest BCUT2D eigenvalue weighted by Gasteiger charge is -2.33. The van der Waals surface area contributed by atoms with E-state index in [0.29, 0.717) is 25.6 Å². The van der Waals surface area contributed by atoms with Crippen LogP contribution < -0.4 is 4.74 Å². The van der Waals surface area contributed by atoms with E-state index in [9.17, 15) is 8.42 Å². The minimum Gasteiger partial charge on any atom is -0.496 e. The second-order valence-electron chi connectivity index (χ2n) is 6.18. The van der Waals surface area contributed by atoms with Crippen molar-refractivity contribution in [2.24, 2.45) is 5.92 Å². The molecule has 0 spiro atoms. The van der Waals surface area contributed by atoms with E-state index < -0.39 is 10.2 Å². The van der Waals surface area contributed by atoms with Gasteiger partial charge >= 0.3 is 0 Å². The van der Waals surface area contributed by atoms with Gasteiger partial charge in [0.15, 0.2) is 0 Å². The van der Waals surface area contributed by atoms with Crippen molar-refractivity contribution in [2.75, 3.05) is 27.2 Å². The molecule has 0 saturated carbocycles. The summed E-state index contributed by atoms with van der Waals surface area (Å²) in [5.74, 6) is 1.14. The molecule has 0 amide bonds. The molecule has 1 aromatic rings. The molecule has 1 atom stereocenters. The number of hydrogen-bond acceptors (Lipinski definition) is 3. The van der Waals surface area contributed by atoms with Gasteiger partial charge in [-0.3, -0.25) is 0 Å². The van der Waals surface area contributed by atoms with Gasteiger partial charge in [-0.1, -0.05) is 24.6 Å². The molecular weight excluding hydrogens is 300 g/mol. The van der Waals surface area contributed by atoms with E-state index in [1.807, 2.05) is 25.1 Å². The highest BCUT2D eigenvalue weighted by atomic mass is 32.2. The van der Waals surface area contributed by atoms with Crippen LogP contribution in [-0.4, -0.2) is 44.3 Å². The van der Waals surface area contributed by atoms with Crippen LogP contribution in [0.25, 0.3) is 0 Å². The lowest BCUT2D eigenvalue weighted by molar-refractivity contribution is 0.262. The van der Waals surface area contributed by atoms with E-state index in [4.69, 9.17) is 4.74 Å². The zero-order valence-electron chi connectivity index (χ0n) is 13.9. The first-order valence-electron chi connectivity index (χ1n) is 7.69. The van der Waals surface area contributed by atoms with Gasteiger partial charge in [-0.25, -0.2) is 0 Å². The minimum atomic E-state index is -3.42. The summed E-state index contributed by atoms with van der Waals surface area (Å²) in [4.78, 5) is 0. The first kappa shape index (κ1) is 17.2. The van der Waals surface area contributed by atoms with E-state index in [1.54, 1.807) is 18.5 Å². The van der Waals surface area contributed by atoms with Crippen LogP contribution >= 0.6 is 0 Å². The molecule has 2 rings (SSSR count). The molecule has 0 N–H and O–H groups in total. The molecule has 0 aromatic heterocycles. The van der Waals surface area contributed by atoms with Crippen LogP contribution in [0.15, 0.2) is 18.2 Å². The molecule has 0 bridgehead atoms. The maximum Gasteiger partial charge on any atom is 0.282 e. The predicted molar refractivity (Wildman–Crippen MR) is 88.1 cm³/mol. The number of rotatable bonds is 5. The second kappa shape index (κ2) is 6.98. The van der Waals surface area contributed by atoms with Crippen LogP contribution in [0, 0.1) is 12.8 Å². The fourth-order valence-corrected chi connectivity index (χ4v) is 4.40. The van der Waals surface area contributed by atoms with E-state index in [-0.39, 0.29) is 0 Å². The lowest BCUT2D eigenvalue weighted by atomic mass is 10.0. The maximum atomic E-state index is 12.7. The van der Waals surface area contributed by atoms with E-state index >= 15 is 0 Å². The average Bonchev–Trinajstić information content (AvgIpc) is 2.47. The predicted octanol–water partition coefficient (Wildman–Crippen LogP) is 2.41. The highest BCUT2D eigenvalue weighted by Gasteiger charge is 2.30. The van der Waals surface area contributed by atoms with Crippen LogP contribution in [0.1, 0.15) is 30.9 Å². The minimum absolute atomic E-state index is 0.318. The molecule has 1 aliphatic rings. The zero-order valence-corrected chi connectivity index (χ0v) is 14.7. The van der Waals surface area contributed by atoms with Crippen LogP contribution in [0.4, 0.5) is 0 Å². The first-order valence-corrected chi connectivity index (χ1v) is 9.09. The number of piperidine rings is 1. The summed E-state index contributed by atoms with van der Waals surface area (Å²) < 4.78 is 33.8.